The number of allylic oxidation sites excluding steroid dienone is 5. The Morgan fingerprint density at radius 1 is 0.373 bits per heavy atom. The lowest BCUT2D eigenvalue weighted by Crippen LogP contribution is -2.15. The van der Waals surface area contributed by atoms with Crippen molar-refractivity contribution in [3.05, 3.63) is 266 Å². The molecule has 2 aliphatic carbocycles. The number of aromatic nitrogens is 5. The summed E-state index contributed by atoms with van der Waals surface area (Å²) >= 11 is 0. The van der Waals surface area contributed by atoms with Gasteiger partial charge in [0, 0.05) is 72.4 Å². The largest absolute Gasteiger partial charge is 0.310 e. The van der Waals surface area contributed by atoms with Crippen molar-refractivity contribution in [2.45, 2.75) is 25.7 Å². The van der Waals surface area contributed by atoms with E-state index in [0.29, 0.717) is 17.5 Å². The first kappa shape index (κ1) is 44.1. The third-order valence-corrected chi connectivity index (χ3v) is 14.8. The molecule has 0 saturated carbocycles. The smallest absolute Gasteiger partial charge is 0.164 e. The number of hydrogen-bond acceptors (Lipinski definition) is 4. The number of hydrogen-bond donors (Lipinski definition) is 0. The third kappa shape index (κ3) is 7.86. The number of nitrogens with zero attached hydrogens (tertiary/aromatic N) is 6. The van der Waals surface area contributed by atoms with Crippen LogP contribution in [0.4, 0.5) is 17.1 Å². The van der Waals surface area contributed by atoms with Crippen LogP contribution in [0, 0.1) is 0 Å². The molecule has 0 spiro atoms. The lowest BCUT2D eigenvalue weighted by Gasteiger charge is -2.32. The predicted octanol–water partition coefficient (Wildman–Crippen LogP) is 17.7. The quantitative estimate of drug-likeness (QED) is 0.137. The molecule has 3 heterocycles. The van der Waals surface area contributed by atoms with Gasteiger partial charge in [-0.05, 0) is 121 Å². The van der Waals surface area contributed by atoms with E-state index in [1.54, 1.807) is 0 Å². The Bertz CT molecular complexity index is 4110. The van der Waals surface area contributed by atoms with Gasteiger partial charge in [0.15, 0.2) is 17.5 Å². The Labute approximate surface area is 436 Å². The van der Waals surface area contributed by atoms with Crippen molar-refractivity contribution >= 4 is 61.4 Å². The molecule has 14 rings (SSSR count). The van der Waals surface area contributed by atoms with Crippen LogP contribution in [0.25, 0.3) is 101 Å². The molecule has 9 aromatic carbocycles. The van der Waals surface area contributed by atoms with Crippen LogP contribution >= 0.6 is 0 Å². The Balaban J connectivity index is 1.04. The molecule has 0 atom stereocenters. The van der Waals surface area contributed by atoms with E-state index in [1.807, 2.05) is 36.4 Å². The minimum Gasteiger partial charge on any atom is -0.310 e. The highest BCUT2D eigenvalue weighted by Gasteiger charge is 2.27. The highest BCUT2D eigenvalue weighted by Crippen LogP contribution is 2.49. The summed E-state index contributed by atoms with van der Waals surface area (Å²) in [4.78, 5) is 18.2. The van der Waals surface area contributed by atoms with E-state index in [0.717, 1.165) is 93.1 Å². The van der Waals surface area contributed by atoms with E-state index < -0.39 is 0 Å². The van der Waals surface area contributed by atoms with Gasteiger partial charge in [0.2, 0.25) is 0 Å². The zero-order valence-electron chi connectivity index (χ0n) is 41.3. The first-order valence-electron chi connectivity index (χ1n) is 26.0. The second kappa shape index (κ2) is 18.8. The van der Waals surface area contributed by atoms with Gasteiger partial charge in [0.25, 0.3) is 0 Å². The summed E-state index contributed by atoms with van der Waals surface area (Å²) < 4.78 is 4.85. The fourth-order valence-electron chi connectivity index (χ4n) is 11.4. The molecule has 356 valence electrons. The van der Waals surface area contributed by atoms with E-state index in [1.165, 1.54) is 44.0 Å². The molecule has 6 heteroatoms. The van der Waals surface area contributed by atoms with E-state index in [-0.39, 0.29) is 0 Å². The lowest BCUT2D eigenvalue weighted by atomic mass is 9.89. The van der Waals surface area contributed by atoms with E-state index in [9.17, 15) is 0 Å². The Hall–Kier alpha value is -9.65. The lowest BCUT2D eigenvalue weighted by molar-refractivity contribution is 0.967. The van der Waals surface area contributed by atoms with E-state index in [4.69, 9.17) is 15.0 Å². The van der Waals surface area contributed by atoms with Gasteiger partial charge in [-0.25, -0.2) is 15.0 Å². The second-order valence-electron chi connectivity index (χ2n) is 19.4. The second-order valence-corrected chi connectivity index (χ2v) is 19.4. The highest BCUT2D eigenvalue weighted by atomic mass is 15.2. The van der Waals surface area contributed by atoms with Gasteiger partial charge in [0.1, 0.15) is 0 Å². The molecular formula is C69H50N6. The standard InChI is InChI=1S/C69H50N6/c1-5-22-47(23-6-1)60-44-51(69-71-67(49-26-9-3-10-27-49)70-68(72-69)50-28-11-4-12-29-50)45-61(48-24-7-2-8-25-48)66(60)73(52-40-42-53(43-41-52)74-62-36-17-13-32-56(62)57-33-14-18-37-63(57)74)54-30-21-31-55(46-54)75-64-38-19-15-34-58(64)59-35-16-20-39-65(59)75/h1,3-7,9-15,17-34,36-46H,2,8,16,35H2. The molecule has 6 nitrogen and oxygen atoms in total. The topological polar surface area (TPSA) is 51.8 Å². The van der Waals surface area contributed by atoms with Crippen LogP contribution in [0.3, 0.4) is 0 Å². The van der Waals surface area contributed by atoms with Crippen molar-refractivity contribution < 1.29 is 0 Å². The third-order valence-electron chi connectivity index (χ3n) is 14.8. The molecular weight excluding hydrogens is 913 g/mol. The van der Waals surface area contributed by atoms with Crippen molar-refractivity contribution in [3.8, 4) is 56.7 Å². The average molecular weight is 963 g/mol. The molecule has 0 N–H and O–H groups in total. The van der Waals surface area contributed by atoms with Gasteiger partial charge in [-0.15, -0.1) is 0 Å². The number of fused-ring (bicyclic) bond motifs is 6. The van der Waals surface area contributed by atoms with Crippen LogP contribution in [0.1, 0.15) is 36.1 Å². The zero-order valence-corrected chi connectivity index (χ0v) is 41.3. The Morgan fingerprint density at radius 2 is 0.920 bits per heavy atom. The van der Waals surface area contributed by atoms with Gasteiger partial charge in [-0.1, -0.05) is 176 Å². The maximum atomic E-state index is 5.30. The average Bonchev–Trinajstić information content (AvgIpc) is 4.02. The van der Waals surface area contributed by atoms with Gasteiger partial charge in [-0.3, -0.25) is 0 Å². The number of para-hydroxylation sites is 3. The normalized spacial score (nSPS) is 13.1. The van der Waals surface area contributed by atoms with Crippen LogP contribution in [0.15, 0.2) is 249 Å². The number of aryl methyl sites for hydroxylation is 1. The Kier molecular flexibility index (Phi) is 11.0. The maximum Gasteiger partial charge on any atom is 0.164 e. The minimum atomic E-state index is 0.606. The van der Waals surface area contributed by atoms with Crippen molar-refractivity contribution in [3.63, 3.8) is 0 Å². The molecule has 75 heavy (non-hydrogen) atoms. The molecule has 3 aromatic heterocycles. The highest BCUT2D eigenvalue weighted by molar-refractivity contribution is 6.09. The monoisotopic (exact) mass is 962 g/mol. The Morgan fingerprint density at radius 3 is 1.55 bits per heavy atom. The van der Waals surface area contributed by atoms with Crippen LogP contribution < -0.4 is 4.90 Å². The van der Waals surface area contributed by atoms with Crippen molar-refractivity contribution in [2.75, 3.05) is 4.90 Å². The predicted molar refractivity (Wildman–Crippen MR) is 311 cm³/mol. The molecule has 2 aliphatic rings. The van der Waals surface area contributed by atoms with E-state index >= 15 is 0 Å². The minimum absolute atomic E-state index is 0.606. The summed E-state index contributed by atoms with van der Waals surface area (Å²) in [5.74, 6) is 1.86. The summed E-state index contributed by atoms with van der Waals surface area (Å²) in [6.45, 7) is 0. The molecule has 12 aromatic rings. The van der Waals surface area contributed by atoms with Crippen molar-refractivity contribution in [2.24, 2.45) is 0 Å². The first-order chi connectivity index (χ1) is 37.2. The van der Waals surface area contributed by atoms with Crippen LogP contribution in [-0.2, 0) is 6.42 Å². The van der Waals surface area contributed by atoms with Gasteiger partial charge in [-0.2, -0.15) is 0 Å². The molecule has 0 saturated heterocycles. The molecule has 0 fully saturated rings. The van der Waals surface area contributed by atoms with E-state index in [2.05, 4.69) is 232 Å². The molecule has 0 bridgehead atoms. The molecule has 0 unspecified atom stereocenters. The van der Waals surface area contributed by atoms with Gasteiger partial charge in [0.05, 0.1) is 22.2 Å². The SMILES string of the molecule is C1=CC(c2cc(-c3nc(-c4ccccc4)nc(-c4ccccc4)n3)cc(-c3ccccc3)c2N(c2ccc(-n3c4ccccc4c4ccccc43)cc2)c2cccc(-n3c4c(c5ccccc53)CCC=C4)c2)=CCC1. The fourth-order valence-corrected chi connectivity index (χ4v) is 11.4. The fraction of sp³-hybridized carbons (Fsp3) is 0.0580. The number of rotatable bonds is 10. The summed E-state index contributed by atoms with van der Waals surface area (Å²) in [6.07, 6.45) is 15.6. The van der Waals surface area contributed by atoms with Gasteiger partial charge < -0.3 is 14.0 Å². The van der Waals surface area contributed by atoms with Crippen molar-refractivity contribution in [1.82, 2.24) is 24.1 Å². The van der Waals surface area contributed by atoms with Crippen LogP contribution in [0.5, 0.6) is 0 Å². The zero-order chi connectivity index (χ0) is 49.7. The summed E-state index contributed by atoms with van der Waals surface area (Å²) in [5.41, 5.74) is 18.7. The van der Waals surface area contributed by atoms with Crippen molar-refractivity contribution in [1.29, 1.82) is 0 Å². The van der Waals surface area contributed by atoms with Crippen LogP contribution in [-0.4, -0.2) is 24.1 Å². The summed E-state index contributed by atoms with van der Waals surface area (Å²) in [7, 11) is 0. The van der Waals surface area contributed by atoms with Gasteiger partial charge >= 0.3 is 0 Å². The molecule has 0 aliphatic heterocycles. The molecule has 0 radical (unpaired) electrons. The summed E-state index contributed by atoms with van der Waals surface area (Å²) in [6, 6.07) is 80.4. The summed E-state index contributed by atoms with van der Waals surface area (Å²) in [5, 5.41) is 3.78. The maximum absolute atomic E-state index is 5.30. The first-order valence-corrected chi connectivity index (χ1v) is 26.0. The number of benzene rings is 9. The number of anilines is 3. The van der Waals surface area contributed by atoms with Crippen LogP contribution in [0.2, 0.25) is 0 Å². The molecule has 0 amide bonds.